The Balaban J connectivity index is 1.25. The van der Waals surface area contributed by atoms with Crippen LogP contribution in [0.5, 0.6) is 0 Å². The normalized spacial score (nSPS) is 11.5. The molecule has 0 saturated heterocycles. The van der Waals surface area contributed by atoms with Crippen LogP contribution in [-0.2, 0) is 37.4 Å². The molecule has 0 bridgehead atoms. The van der Waals surface area contributed by atoms with E-state index in [1.165, 1.54) is 27.6 Å². The number of carbonyl (C=O) groups is 2. The third kappa shape index (κ3) is 7.87. The molecule has 3 aromatic carbocycles. The zero-order valence-corrected chi connectivity index (χ0v) is 22.8. The van der Waals surface area contributed by atoms with Gasteiger partial charge in [0.05, 0.1) is 32.1 Å². The fourth-order valence-corrected chi connectivity index (χ4v) is 5.05. The van der Waals surface area contributed by atoms with Crippen molar-refractivity contribution in [2.45, 2.75) is 31.2 Å². The number of benzene rings is 3. The van der Waals surface area contributed by atoms with Crippen molar-refractivity contribution in [3.63, 3.8) is 0 Å². The summed E-state index contributed by atoms with van der Waals surface area (Å²) in [4.78, 5) is 22.1. The maximum atomic E-state index is 11.1. The van der Waals surface area contributed by atoms with Crippen molar-refractivity contribution in [3.05, 3.63) is 120 Å². The van der Waals surface area contributed by atoms with Crippen molar-refractivity contribution in [3.8, 4) is 0 Å². The first-order valence-electron chi connectivity index (χ1n) is 13.7. The Labute approximate surface area is 239 Å². The number of aliphatic carboxylic acids is 2. The standard InChI is InChI=1S/C32H35N3O6/c36-30(37)29(31(38)39)23-28-24-35(34-33-28)18-20-41-22-21-40-19-10-17-32(25-11-4-1-5-12-25,26-13-6-2-7-14-26)27-15-8-3-9-16-27/h1-9,11-16,24,29H,10,17-23H2,(H,36,37)(H,38,39). The largest absolute Gasteiger partial charge is 0.481 e. The Morgan fingerprint density at radius 1 is 0.732 bits per heavy atom. The molecule has 1 aromatic heterocycles. The molecule has 0 radical (unpaired) electrons. The van der Waals surface area contributed by atoms with Gasteiger partial charge < -0.3 is 19.7 Å². The number of hydrogen-bond acceptors (Lipinski definition) is 6. The maximum absolute atomic E-state index is 11.1. The monoisotopic (exact) mass is 557 g/mol. The smallest absolute Gasteiger partial charge is 0.318 e. The lowest BCUT2D eigenvalue weighted by molar-refractivity contribution is -0.154. The van der Waals surface area contributed by atoms with E-state index >= 15 is 0 Å². The van der Waals surface area contributed by atoms with Crippen molar-refractivity contribution in [1.29, 1.82) is 0 Å². The van der Waals surface area contributed by atoms with Gasteiger partial charge in [-0.3, -0.25) is 9.59 Å². The van der Waals surface area contributed by atoms with Gasteiger partial charge >= 0.3 is 11.9 Å². The Morgan fingerprint density at radius 3 is 1.71 bits per heavy atom. The predicted octanol–water partition coefficient (Wildman–Crippen LogP) is 4.45. The second-order valence-corrected chi connectivity index (χ2v) is 9.74. The molecular formula is C32H35N3O6. The zero-order chi connectivity index (χ0) is 28.9. The highest BCUT2D eigenvalue weighted by molar-refractivity contribution is 5.93. The first kappa shape index (κ1) is 29.6. The topological polar surface area (TPSA) is 124 Å². The van der Waals surface area contributed by atoms with Crippen LogP contribution in [0.3, 0.4) is 0 Å². The summed E-state index contributed by atoms with van der Waals surface area (Å²) in [5, 5.41) is 25.8. The molecule has 0 atom stereocenters. The minimum atomic E-state index is -1.55. The van der Waals surface area contributed by atoms with Gasteiger partial charge in [0.15, 0.2) is 5.92 Å². The van der Waals surface area contributed by atoms with Crippen LogP contribution in [-0.4, -0.2) is 63.6 Å². The van der Waals surface area contributed by atoms with Crippen molar-refractivity contribution in [2.24, 2.45) is 5.92 Å². The number of ether oxygens (including phenoxy) is 2. The molecule has 4 rings (SSSR count). The summed E-state index contributed by atoms with van der Waals surface area (Å²) < 4.78 is 13.1. The SMILES string of the molecule is O=C(O)C(Cc1cn(CCOCCOCCCC(c2ccccc2)(c2ccccc2)c2ccccc2)nn1)C(=O)O. The zero-order valence-electron chi connectivity index (χ0n) is 22.8. The lowest BCUT2D eigenvalue weighted by Crippen LogP contribution is -2.30. The van der Waals surface area contributed by atoms with Gasteiger partial charge in [0, 0.05) is 24.6 Å². The number of rotatable bonds is 17. The van der Waals surface area contributed by atoms with Crippen LogP contribution in [0.1, 0.15) is 35.2 Å². The van der Waals surface area contributed by atoms with E-state index < -0.39 is 17.9 Å². The summed E-state index contributed by atoms with van der Waals surface area (Å²) in [5.41, 5.74) is 3.76. The molecule has 0 aliphatic heterocycles. The van der Waals surface area contributed by atoms with Crippen LogP contribution >= 0.6 is 0 Å². The molecule has 9 nitrogen and oxygen atoms in total. The molecule has 0 spiro atoms. The van der Waals surface area contributed by atoms with Gasteiger partial charge in [-0.15, -0.1) is 5.10 Å². The molecule has 2 N–H and O–H groups in total. The first-order valence-corrected chi connectivity index (χ1v) is 13.7. The second-order valence-electron chi connectivity index (χ2n) is 9.74. The van der Waals surface area contributed by atoms with Gasteiger partial charge in [0.25, 0.3) is 0 Å². The fraction of sp³-hybridized carbons (Fsp3) is 0.312. The molecule has 0 unspecified atom stereocenters. The third-order valence-electron chi connectivity index (χ3n) is 7.07. The van der Waals surface area contributed by atoms with Crippen LogP contribution in [0, 0.1) is 5.92 Å². The second kappa shape index (κ2) is 14.9. The van der Waals surface area contributed by atoms with Crippen molar-refractivity contribution < 1.29 is 29.3 Å². The molecule has 4 aromatic rings. The minimum absolute atomic E-state index is 0.223. The number of carboxylic acid groups (broad SMARTS) is 2. The van der Waals surface area contributed by atoms with Crippen molar-refractivity contribution in [1.82, 2.24) is 15.0 Å². The molecule has 1 heterocycles. The van der Waals surface area contributed by atoms with Gasteiger partial charge in [0.2, 0.25) is 0 Å². The average molecular weight is 558 g/mol. The van der Waals surface area contributed by atoms with E-state index in [1.54, 1.807) is 0 Å². The van der Waals surface area contributed by atoms with Gasteiger partial charge in [0.1, 0.15) is 0 Å². The lowest BCUT2D eigenvalue weighted by Gasteiger charge is -2.36. The fourth-order valence-electron chi connectivity index (χ4n) is 5.05. The van der Waals surface area contributed by atoms with Crippen molar-refractivity contribution >= 4 is 11.9 Å². The van der Waals surface area contributed by atoms with Gasteiger partial charge in [-0.1, -0.05) is 96.2 Å². The summed E-state index contributed by atoms with van der Waals surface area (Å²) >= 11 is 0. The quantitative estimate of drug-likeness (QED) is 0.111. The summed E-state index contributed by atoms with van der Waals surface area (Å²) in [6.07, 6.45) is 3.05. The predicted molar refractivity (Wildman–Crippen MR) is 153 cm³/mol. The molecule has 0 aliphatic rings. The highest BCUT2D eigenvalue weighted by Crippen LogP contribution is 2.42. The van der Waals surface area contributed by atoms with Gasteiger partial charge in [-0.05, 0) is 29.5 Å². The molecule has 0 amide bonds. The van der Waals surface area contributed by atoms with Crippen LogP contribution in [0.25, 0.3) is 0 Å². The van der Waals surface area contributed by atoms with Crippen LogP contribution in [0.4, 0.5) is 0 Å². The summed E-state index contributed by atoms with van der Waals surface area (Å²) in [6, 6.07) is 31.9. The van der Waals surface area contributed by atoms with E-state index in [4.69, 9.17) is 19.7 Å². The average Bonchev–Trinajstić information content (AvgIpc) is 3.45. The molecule has 0 fully saturated rings. The molecule has 0 aliphatic carbocycles. The number of aromatic nitrogens is 3. The molecular weight excluding hydrogens is 522 g/mol. The van der Waals surface area contributed by atoms with E-state index in [0.29, 0.717) is 38.7 Å². The van der Waals surface area contributed by atoms with Gasteiger partial charge in [-0.2, -0.15) is 0 Å². The molecule has 0 saturated carbocycles. The first-order chi connectivity index (χ1) is 20.0. The number of hydrogen-bond donors (Lipinski definition) is 2. The summed E-state index contributed by atoms with van der Waals surface area (Å²) in [7, 11) is 0. The number of nitrogens with zero attached hydrogens (tertiary/aromatic N) is 3. The van der Waals surface area contributed by atoms with Crippen LogP contribution in [0.2, 0.25) is 0 Å². The highest BCUT2D eigenvalue weighted by Gasteiger charge is 2.35. The Hall–Kier alpha value is -4.34. The Kier molecular flexibility index (Phi) is 10.8. The minimum Gasteiger partial charge on any atom is -0.481 e. The summed E-state index contributed by atoms with van der Waals surface area (Å²) in [6.45, 7) is 2.25. The van der Waals surface area contributed by atoms with E-state index in [0.717, 1.165) is 12.8 Å². The van der Waals surface area contributed by atoms with E-state index in [9.17, 15) is 9.59 Å². The highest BCUT2D eigenvalue weighted by atomic mass is 16.5. The van der Waals surface area contributed by atoms with E-state index in [1.807, 2.05) is 18.2 Å². The van der Waals surface area contributed by atoms with Crippen LogP contribution in [0.15, 0.2) is 97.2 Å². The maximum Gasteiger partial charge on any atom is 0.318 e. The van der Waals surface area contributed by atoms with E-state index in [2.05, 4.69) is 83.1 Å². The summed E-state index contributed by atoms with van der Waals surface area (Å²) in [5.74, 6) is -4.35. The van der Waals surface area contributed by atoms with Crippen LogP contribution < -0.4 is 0 Å². The molecule has 9 heteroatoms. The Bertz CT molecular complexity index is 1250. The lowest BCUT2D eigenvalue weighted by atomic mass is 9.67. The van der Waals surface area contributed by atoms with Crippen molar-refractivity contribution in [2.75, 3.05) is 26.4 Å². The third-order valence-corrected chi connectivity index (χ3v) is 7.07. The Morgan fingerprint density at radius 2 is 1.22 bits per heavy atom. The number of carboxylic acids is 2. The molecule has 41 heavy (non-hydrogen) atoms. The van der Waals surface area contributed by atoms with E-state index in [-0.39, 0.29) is 11.8 Å². The van der Waals surface area contributed by atoms with Gasteiger partial charge in [-0.25, -0.2) is 4.68 Å². The molecule has 214 valence electrons.